The molecule has 0 unspecified atom stereocenters. The van der Waals surface area contributed by atoms with Gasteiger partial charge in [0.15, 0.2) is 0 Å². The van der Waals surface area contributed by atoms with Crippen LogP contribution in [0, 0.1) is 0 Å². The van der Waals surface area contributed by atoms with E-state index >= 15 is 0 Å². The Balaban J connectivity index is 1.47. The lowest BCUT2D eigenvalue weighted by Gasteiger charge is -2.10. The first-order valence-corrected chi connectivity index (χ1v) is 11.6. The number of halogens is 1. The van der Waals surface area contributed by atoms with E-state index in [0.717, 1.165) is 20.9 Å². The molecule has 5 aromatic rings. The van der Waals surface area contributed by atoms with Gasteiger partial charge in [0.25, 0.3) is 5.91 Å². The van der Waals surface area contributed by atoms with E-state index in [1.807, 2.05) is 60.7 Å². The fourth-order valence-corrected chi connectivity index (χ4v) is 4.98. The Kier molecular flexibility index (Phi) is 6.08. The molecule has 0 spiro atoms. The zero-order chi connectivity index (χ0) is 23.5. The number of nitrogens with zero attached hydrogens (tertiary/aromatic N) is 1. The number of hydrazone groups is 1. The molecule has 0 radical (unpaired) electrons. The number of hydrogen-bond donors (Lipinski definition) is 1. The van der Waals surface area contributed by atoms with Crippen molar-refractivity contribution in [2.45, 2.75) is 0 Å². The van der Waals surface area contributed by atoms with Crippen LogP contribution >= 0.6 is 22.9 Å². The van der Waals surface area contributed by atoms with Crippen molar-refractivity contribution in [3.63, 3.8) is 0 Å². The van der Waals surface area contributed by atoms with Crippen molar-refractivity contribution in [2.75, 3.05) is 0 Å². The van der Waals surface area contributed by atoms with Crippen LogP contribution in [0.5, 0.6) is 5.75 Å². The Morgan fingerprint density at radius 2 is 1.56 bits per heavy atom. The fraction of sp³-hybridized carbons (Fsp3) is 0. The van der Waals surface area contributed by atoms with E-state index in [9.17, 15) is 9.59 Å². The average Bonchev–Trinajstić information content (AvgIpc) is 3.22. The predicted molar refractivity (Wildman–Crippen MR) is 137 cm³/mol. The molecule has 0 aliphatic heterocycles. The molecule has 166 valence electrons. The van der Waals surface area contributed by atoms with Crippen molar-refractivity contribution in [1.29, 1.82) is 0 Å². The molecular formula is C27H17ClN2O3S. The summed E-state index contributed by atoms with van der Waals surface area (Å²) in [6.45, 7) is 0. The third-order valence-corrected chi connectivity index (χ3v) is 6.90. The van der Waals surface area contributed by atoms with E-state index in [-0.39, 0.29) is 5.91 Å². The zero-order valence-corrected chi connectivity index (χ0v) is 19.3. The molecule has 0 aliphatic rings. The van der Waals surface area contributed by atoms with Gasteiger partial charge in [0.2, 0.25) is 0 Å². The van der Waals surface area contributed by atoms with Crippen LogP contribution in [-0.4, -0.2) is 18.1 Å². The molecule has 34 heavy (non-hydrogen) atoms. The number of ether oxygens (including phenoxy) is 1. The van der Waals surface area contributed by atoms with Crippen molar-refractivity contribution >= 4 is 61.9 Å². The Labute approximate surface area is 204 Å². The minimum atomic E-state index is -0.551. The molecule has 0 atom stereocenters. The van der Waals surface area contributed by atoms with E-state index in [1.54, 1.807) is 30.3 Å². The van der Waals surface area contributed by atoms with Crippen molar-refractivity contribution in [3.05, 3.63) is 112 Å². The first-order chi connectivity index (χ1) is 16.6. The molecule has 0 bridgehead atoms. The van der Waals surface area contributed by atoms with Crippen LogP contribution in [0.2, 0.25) is 5.02 Å². The Morgan fingerprint density at radius 1 is 0.853 bits per heavy atom. The highest BCUT2D eigenvalue weighted by Gasteiger charge is 2.20. The SMILES string of the molecule is O=C(N/N=C\c1c(OC(=O)c2sc3ccccc3c2Cl)ccc2ccccc12)c1ccccc1. The summed E-state index contributed by atoms with van der Waals surface area (Å²) in [5, 5.41) is 7.07. The molecule has 1 heterocycles. The summed E-state index contributed by atoms with van der Waals surface area (Å²) in [5.74, 6) is -0.577. The molecule has 0 saturated carbocycles. The molecule has 5 rings (SSSR count). The number of thiophene rings is 1. The van der Waals surface area contributed by atoms with Gasteiger partial charge in [0.1, 0.15) is 10.6 Å². The van der Waals surface area contributed by atoms with Crippen molar-refractivity contribution in [3.8, 4) is 5.75 Å². The van der Waals surface area contributed by atoms with Gasteiger partial charge in [-0.1, -0.05) is 78.3 Å². The first-order valence-electron chi connectivity index (χ1n) is 10.4. The van der Waals surface area contributed by atoms with Gasteiger partial charge in [-0.2, -0.15) is 5.10 Å². The van der Waals surface area contributed by atoms with Gasteiger partial charge in [-0.25, -0.2) is 10.2 Å². The third kappa shape index (κ3) is 4.29. The highest BCUT2D eigenvalue weighted by Crippen LogP contribution is 2.36. The van der Waals surface area contributed by atoms with Crippen LogP contribution in [0.3, 0.4) is 0 Å². The maximum absolute atomic E-state index is 13.0. The molecule has 7 heteroatoms. The zero-order valence-electron chi connectivity index (χ0n) is 17.7. The van der Waals surface area contributed by atoms with Crippen molar-refractivity contribution < 1.29 is 14.3 Å². The molecule has 1 aromatic heterocycles. The highest BCUT2D eigenvalue weighted by atomic mass is 35.5. The number of carbonyl (C=O) groups is 2. The van der Waals surface area contributed by atoms with Crippen LogP contribution in [-0.2, 0) is 0 Å². The summed E-state index contributed by atoms with van der Waals surface area (Å²) in [7, 11) is 0. The Hall–Kier alpha value is -4.00. The number of benzene rings is 4. The molecule has 1 N–H and O–H groups in total. The maximum Gasteiger partial charge on any atom is 0.355 e. The predicted octanol–water partition coefficient (Wildman–Crippen LogP) is 6.69. The molecule has 4 aromatic carbocycles. The van der Waals surface area contributed by atoms with Gasteiger partial charge >= 0.3 is 5.97 Å². The number of fused-ring (bicyclic) bond motifs is 2. The Bertz CT molecular complexity index is 1560. The maximum atomic E-state index is 13.0. The van der Waals surface area contributed by atoms with Crippen LogP contribution in [0.15, 0.2) is 96.1 Å². The van der Waals surface area contributed by atoms with E-state index < -0.39 is 5.97 Å². The van der Waals surface area contributed by atoms with E-state index in [2.05, 4.69) is 10.5 Å². The van der Waals surface area contributed by atoms with E-state index in [0.29, 0.717) is 26.8 Å². The summed E-state index contributed by atoms with van der Waals surface area (Å²) >= 11 is 7.75. The molecular weight excluding hydrogens is 468 g/mol. The number of amides is 1. The van der Waals surface area contributed by atoms with Crippen LogP contribution < -0.4 is 10.2 Å². The molecule has 0 fully saturated rings. The fourth-order valence-electron chi connectivity index (χ4n) is 3.60. The average molecular weight is 485 g/mol. The monoisotopic (exact) mass is 484 g/mol. The topological polar surface area (TPSA) is 67.8 Å². The van der Waals surface area contributed by atoms with E-state index in [4.69, 9.17) is 16.3 Å². The minimum absolute atomic E-state index is 0.315. The number of esters is 1. The van der Waals surface area contributed by atoms with Crippen molar-refractivity contribution in [2.24, 2.45) is 5.10 Å². The van der Waals surface area contributed by atoms with Gasteiger partial charge in [-0.15, -0.1) is 11.3 Å². The van der Waals surface area contributed by atoms with Gasteiger partial charge in [0.05, 0.1) is 11.2 Å². The second-order valence-corrected chi connectivity index (χ2v) is 8.82. The smallest absolute Gasteiger partial charge is 0.355 e. The van der Waals surface area contributed by atoms with Gasteiger partial charge in [0, 0.05) is 21.2 Å². The summed E-state index contributed by atoms with van der Waals surface area (Å²) in [6, 6.07) is 27.6. The number of carbonyl (C=O) groups excluding carboxylic acids is 2. The summed E-state index contributed by atoms with van der Waals surface area (Å²) in [5.41, 5.74) is 3.58. The van der Waals surface area contributed by atoms with Crippen LogP contribution in [0.1, 0.15) is 25.6 Å². The summed E-state index contributed by atoms with van der Waals surface area (Å²) in [4.78, 5) is 25.7. The third-order valence-electron chi connectivity index (χ3n) is 5.25. The minimum Gasteiger partial charge on any atom is -0.422 e. The van der Waals surface area contributed by atoms with Crippen LogP contribution in [0.4, 0.5) is 0 Å². The number of hydrogen-bond acceptors (Lipinski definition) is 5. The lowest BCUT2D eigenvalue weighted by atomic mass is 10.0. The normalized spacial score (nSPS) is 11.2. The summed E-state index contributed by atoms with van der Waals surface area (Å²) < 4.78 is 6.68. The lowest BCUT2D eigenvalue weighted by Crippen LogP contribution is -2.17. The highest BCUT2D eigenvalue weighted by molar-refractivity contribution is 7.21. The molecule has 0 aliphatic carbocycles. The van der Waals surface area contributed by atoms with Crippen LogP contribution in [0.25, 0.3) is 20.9 Å². The van der Waals surface area contributed by atoms with Gasteiger partial charge < -0.3 is 4.74 Å². The quantitative estimate of drug-likeness (QED) is 0.131. The second-order valence-electron chi connectivity index (χ2n) is 7.39. The molecule has 1 amide bonds. The van der Waals surface area contributed by atoms with Gasteiger partial charge in [-0.05, 0) is 35.0 Å². The second kappa shape index (κ2) is 9.47. The Morgan fingerprint density at radius 3 is 2.35 bits per heavy atom. The molecule has 5 nitrogen and oxygen atoms in total. The van der Waals surface area contributed by atoms with Crippen molar-refractivity contribution in [1.82, 2.24) is 5.43 Å². The van der Waals surface area contributed by atoms with Gasteiger partial charge in [-0.3, -0.25) is 4.79 Å². The summed E-state index contributed by atoms with van der Waals surface area (Å²) in [6.07, 6.45) is 1.48. The molecule has 0 saturated heterocycles. The number of rotatable bonds is 5. The van der Waals surface area contributed by atoms with E-state index in [1.165, 1.54) is 17.6 Å². The first kappa shape index (κ1) is 21.8. The number of nitrogens with one attached hydrogen (secondary N) is 1. The largest absolute Gasteiger partial charge is 0.422 e. The lowest BCUT2D eigenvalue weighted by molar-refractivity contribution is 0.0739. The standard InChI is InChI=1S/C27H17ClN2O3S/c28-24-20-12-6-7-13-23(20)34-25(24)27(32)33-22-15-14-17-8-4-5-11-19(17)21(22)16-29-30-26(31)18-9-2-1-3-10-18/h1-16H,(H,30,31)/b29-16-.